The molecular weight excluding hydrogens is 118 g/mol. The highest BCUT2D eigenvalue weighted by Crippen LogP contribution is 1.62. The van der Waals surface area contributed by atoms with Gasteiger partial charge in [0.15, 0.2) is 0 Å². The molecule has 0 rings (SSSR count). The summed E-state index contributed by atoms with van der Waals surface area (Å²) in [7, 11) is 0. The lowest BCUT2D eigenvalue weighted by Crippen LogP contribution is -2.42. The molecule has 0 amide bonds. The van der Waals surface area contributed by atoms with E-state index in [-0.39, 0.29) is 5.75 Å². The number of carbonyl (C=O) groups is 1. The highest BCUT2D eigenvalue weighted by molar-refractivity contribution is 7.81. The van der Waals surface area contributed by atoms with E-state index in [2.05, 4.69) is 18.5 Å². The van der Waals surface area contributed by atoms with E-state index in [1.54, 1.807) is 0 Å². The predicted molar refractivity (Wildman–Crippen MR) is 23.5 cm³/mol. The van der Waals surface area contributed by atoms with Crippen molar-refractivity contribution in [3.05, 3.63) is 0 Å². The van der Waals surface area contributed by atoms with Gasteiger partial charge in [-0.25, -0.2) is 11.1 Å². The van der Waals surface area contributed by atoms with Gasteiger partial charge >= 0.3 is 0 Å². The highest BCUT2D eigenvalue weighted by atomic mass is 32.1. The van der Waals surface area contributed by atoms with Crippen molar-refractivity contribution in [3.63, 3.8) is 0 Å². The van der Waals surface area contributed by atoms with Gasteiger partial charge < -0.3 is 9.90 Å². The number of quaternary nitrogens is 1. The normalized spacial score (nSPS) is 6.14. The molecule has 0 unspecified atom stereocenters. The Labute approximate surface area is 46.3 Å². The van der Waals surface area contributed by atoms with E-state index in [1.807, 2.05) is 0 Å². The average molecular weight is 125 g/mol. The Hall–Kier alpha value is -0.260. The zero-order valence-corrected chi connectivity index (χ0v) is 4.52. The number of carboxylic acids is 1. The predicted octanol–water partition coefficient (Wildman–Crippen LogP) is -2.72. The molecule has 0 heterocycles. The van der Waals surface area contributed by atoms with Crippen molar-refractivity contribution in [1.82, 2.24) is 0 Å². The van der Waals surface area contributed by atoms with Crippen molar-refractivity contribution >= 4 is 18.6 Å². The van der Waals surface area contributed by atoms with E-state index in [9.17, 15) is 9.90 Å². The lowest BCUT2D eigenvalue weighted by Gasteiger charge is -1.86. The van der Waals surface area contributed by atoms with E-state index in [4.69, 9.17) is 5.21 Å². The molecule has 44 valence electrons. The fourth-order valence-corrected chi connectivity index (χ4v) is 0. The van der Waals surface area contributed by atoms with Crippen LogP contribution in [0, 0.1) is 0 Å². The molecule has 0 aromatic heterocycles. The maximum absolute atomic E-state index is 9.18. The Kier molecular flexibility index (Phi) is 13.0. The lowest BCUT2D eigenvalue weighted by molar-refractivity contribution is -0.670. The summed E-state index contributed by atoms with van der Waals surface area (Å²) < 4.78 is 0. The molecule has 0 aliphatic rings. The summed E-state index contributed by atoms with van der Waals surface area (Å²) in [5.74, 6) is 0.924. The first-order chi connectivity index (χ1) is 3.27. The zero-order valence-electron chi connectivity index (χ0n) is 3.63. The third-order valence-electron chi connectivity index (χ3n) is 0.129. The molecule has 0 saturated carbocycles. The quantitative estimate of drug-likeness (QED) is 0.263. The number of carboxylic acid groups (broad SMARTS) is 1. The molecule has 0 aromatic carbocycles. The number of hydrogen-bond acceptors (Lipinski definition) is 4. The Morgan fingerprint density at radius 3 is 2.00 bits per heavy atom. The van der Waals surface area contributed by atoms with Crippen LogP contribution in [0.4, 0.5) is 0 Å². The number of hydrogen-bond donors (Lipinski definition) is 3. The van der Waals surface area contributed by atoms with Gasteiger partial charge in [-0.3, -0.25) is 0 Å². The minimum absolute atomic E-state index is 0.194. The SMILES string of the molecule is O=C([O-])CS.[NH3+]O. The third kappa shape index (κ3) is 26.5. The molecule has 4 nitrogen and oxygen atoms in total. The first-order valence-corrected chi connectivity index (χ1v) is 2.03. The fourth-order valence-electron chi connectivity index (χ4n) is 0. The second kappa shape index (κ2) is 9.22. The highest BCUT2D eigenvalue weighted by Gasteiger charge is 1.66. The molecule has 0 bridgehead atoms. The lowest BCUT2D eigenvalue weighted by atomic mass is 10.8. The molecule has 0 radical (unpaired) electrons. The largest absolute Gasteiger partial charge is 0.549 e. The smallest absolute Gasteiger partial charge is 0.0510 e. The van der Waals surface area contributed by atoms with Crippen molar-refractivity contribution in [1.29, 1.82) is 0 Å². The van der Waals surface area contributed by atoms with E-state index < -0.39 is 5.97 Å². The van der Waals surface area contributed by atoms with Crippen LogP contribution in [-0.2, 0) is 4.79 Å². The van der Waals surface area contributed by atoms with E-state index >= 15 is 0 Å². The molecular formula is C2H7NO3S. The standard InChI is InChI=1S/C2H4O2S.H4NO/c3-2(4)1-5;1-2/h5H,1H2,(H,3,4);2H,1H3/q;+1/p-1. The van der Waals surface area contributed by atoms with Crippen molar-refractivity contribution < 1.29 is 21.0 Å². The second-order valence-electron chi connectivity index (χ2n) is 0.530. The summed E-state index contributed by atoms with van der Waals surface area (Å²) in [5.41, 5.74) is 0. The molecule has 0 aliphatic carbocycles. The molecule has 0 saturated heterocycles. The van der Waals surface area contributed by atoms with Crippen LogP contribution in [0.5, 0.6) is 0 Å². The van der Waals surface area contributed by atoms with Gasteiger partial charge in [0.05, 0.1) is 5.97 Å². The van der Waals surface area contributed by atoms with Crippen LogP contribution in [0.15, 0.2) is 0 Å². The number of aliphatic carboxylic acids is 1. The molecule has 0 fully saturated rings. The van der Waals surface area contributed by atoms with Crippen molar-refractivity contribution in [3.8, 4) is 0 Å². The Morgan fingerprint density at radius 1 is 1.86 bits per heavy atom. The molecule has 0 aromatic rings. The Bertz CT molecular complexity index is 48.2. The molecule has 0 atom stereocenters. The van der Waals surface area contributed by atoms with E-state index in [1.165, 1.54) is 0 Å². The summed E-state index contributed by atoms with van der Waals surface area (Å²) in [4.78, 5) is 9.18. The van der Waals surface area contributed by atoms with Gasteiger partial charge in [-0.2, -0.15) is 12.6 Å². The van der Waals surface area contributed by atoms with Gasteiger partial charge in [0.25, 0.3) is 0 Å². The molecule has 5 heteroatoms. The summed E-state index contributed by atoms with van der Waals surface area (Å²) in [6, 6.07) is 0. The zero-order chi connectivity index (χ0) is 6.28. The monoisotopic (exact) mass is 125 g/mol. The topological polar surface area (TPSA) is 88.0 Å². The maximum atomic E-state index is 9.18. The molecule has 4 N–H and O–H groups in total. The summed E-state index contributed by atoms with van der Waals surface area (Å²) in [6.45, 7) is 0. The Balaban J connectivity index is 0. The van der Waals surface area contributed by atoms with Gasteiger partial charge in [0.2, 0.25) is 0 Å². The number of rotatable bonds is 1. The number of carbonyl (C=O) groups excluding carboxylic acids is 1. The third-order valence-corrected chi connectivity index (χ3v) is 0.387. The minimum atomic E-state index is -1.13. The summed E-state index contributed by atoms with van der Waals surface area (Å²) >= 11 is 3.35. The van der Waals surface area contributed by atoms with Crippen LogP contribution in [0.2, 0.25) is 0 Å². The van der Waals surface area contributed by atoms with E-state index in [0.717, 1.165) is 0 Å². The average Bonchev–Trinajstić information content (AvgIpc) is 1.73. The maximum Gasteiger partial charge on any atom is 0.0510 e. The van der Waals surface area contributed by atoms with Crippen LogP contribution >= 0.6 is 12.6 Å². The summed E-state index contributed by atoms with van der Waals surface area (Å²) in [6.07, 6.45) is 0. The van der Waals surface area contributed by atoms with Gasteiger partial charge in [-0.15, -0.1) is 0 Å². The number of thiol groups is 1. The summed E-state index contributed by atoms with van der Waals surface area (Å²) in [5, 5.41) is 15.9. The van der Waals surface area contributed by atoms with E-state index in [0.29, 0.717) is 0 Å². The van der Waals surface area contributed by atoms with Crippen LogP contribution in [0.3, 0.4) is 0 Å². The van der Waals surface area contributed by atoms with Crippen molar-refractivity contribution in [2.24, 2.45) is 0 Å². The molecule has 0 spiro atoms. The van der Waals surface area contributed by atoms with Crippen LogP contribution < -0.4 is 11.0 Å². The van der Waals surface area contributed by atoms with Gasteiger partial charge in [-0.05, 0) is 0 Å². The van der Waals surface area contributed by atoms with Gasteiger partial charge in [0, 0.05) is 5.75 Å². The fraction of sp³-hybridized carbons (Fsp3) is 0.500. The van der Waals surface area contributed by atoms with Crippen LogP contribution in [-0.4, -0.2) is 16.9 Å². The van der Waals surface area contributed by atoms with Crippen LogP contribution in [0.1, 0.15) is 0 Å². The van der Waals surface area contributed by atoms with Gasteiger partial charge in [-0.1, -0.05) is 0 Å². The second-order valence-corrected chi connectivity index (χ2v) is 0.846. The Morgan fingerprint density at radius 2 is 2.00 bits per heavy atom. The van der Waals surface area contributed by atoms with Crippen molar-refractivity contribution in [2.75, 3.05) is 5.75 Å². The van der Waals surface area contributed by atoms with Gasteiger partial charge in [0.1, 0.15) is 0 Å². The molecule has 7 heavy (non-hydrogen) atoms. The minimum Gasteiger partial charge on any atom is -0.549 e. The molecule has 0 aliphatic heterocycles. The first-order valence-electron chi connectivity index (χ1n) is 1.39. The first kappa shape index (κ1) is 9.88. The van der Waals surface area contributed by atoms with Crippen molar-refractivity contribution in [2.45, 2.75) is 0 Å². The van der Waals surface area contributed by atoms with Crippen LogP contribution in [0.25, 0.3) is 0 Å².